The van der Waals surface area contributed by atoms with E-state index in [1.54, 1.807) is 0 Å². The highest BCUT2D eigenvalue weighted by atomic mass is 16.5. The highest BCUT2D eigenvalue weighted by Gasteiger charge is 2.34. The molecule has 8 heteroatoms. The second-order valence-corrected chi connectivity index (χ2v) is 7.41. The molecular formula is C21H30N4O4. The average molecular weight is 402 g/mol. The smallest absolute Gasteiger partial charge is 0.338 e. The molecule has 3 N–H and O–H groups in total. The minimum absolute atomic E-state index is 0.326. The Kier molecular flexibility index (Phi) is 7.24. The maximum Gasteiger partial charge on any atom is 0.338 e. The molecule has 1 fully saturated rings. The van der Waals surface area contributed by atoms with Crippen molar-refractivity contribution in [1.82, 2.24) is 20.9 Å². The summed E-state index contributed by atoms with van der Waals surface area (Å²) >= 11 is 0. The summed E-state index contributed by atoms with van der Waals surface area (Å²) in [6, 6.07) is 5.10. The van der Waals surface area contributed by atoms with Crippen molar-refractivity contribution in [3.63, 3.8) is 0 Å². The van der Waals surface area contributed by atoms with Crippen molar-refractivity contribution in [1.29, 1.82) is 0 Å². The molecule has 0 bridgehead atoms. The van der Waals surface area contributed by atoms with Gasteiger partial charge < -0.3 is 25.4 Å². The number of morpholine rings is 1. The summed E-state index contributed by atoms with van der Waals surface area (Å²) in [7, 11) is 1.36. The number of benzene rings is 1. The lowest BCUT2D eigenvalue weighted by Gasteiger charge is -2.30. The first-order valence-corrected chi connectivity index (χ1v) is 9.96. The van der Waals surface area contributed by atoms with Crippen molar-refractivity contribution < 1.29 is 19.1 Å². The highest BCUT2D eigenvalue weighted by Crippen LogP contribution is 2.30. The van der Waals surface area contributed by atoms with Gasteiger partial charge in [0.1, 0.15) is 0 Å². The van der Waals surface area contributed by atoms with Crippen LogP contribution in [0, 0.1) is 13.8 Å². The Balaban J connectivity index is 1.77. The molecule has 3 rings (SSSR count). The van der Waals surface area contributed by atoms with Gasteiger partial charge in [0.25, 0.3) is 0 Å². The predicted molar refractivity (Wildman–Crippen MR) is 109 cm³/mol. The third kappa shape index (κ3) is 5.35. The number of hydrogen-bond acceptors (Lipinski definition) is 6. The molecule has 0 aliphatic carbocycles. The molecule has 2 heterocycles. The van der Waals surface area contributed by atoms with Crippen LogP contribution in [0.3, 0.4) is 0 Å². The number of nitrogens with one attached hydrogen (secondary N) is 3. The van der Waals surface area contributed by atoms with Crippen molar-refractivity contribution in [3.05, 3.63) is 46.2 Å². The number of hydrogen-bond donors (Lipinski definition) is 3. The van der Waals surface area contributed by atoms with Gasteiger partial charge in [0.15, 0.2) is 0 Å². The second-order valence-electron chi connectivity index (χ2n) is 7.41. The number of aryl methyl sites for hydroxylation is 2. The molecular weight excluding hydrogens is 372 g/mol. The monoisotopic (exact) mass is 402 g/mol. The standard InChI is InChI=1S/C21H30N4O4/c1-14-4-5-16(15(2)12-14)19-18(20(26)28-3)17(23-21(27)24-19)13-22-6-7-25-8-10-29-11-9-25/h4-5,12,19,22H,6-11,13H2,1-3H3,(H2,23,24,27). The predicted octanol–water partition coefficient (Wildman–Crippen LogP) is 1.01. The van der Waals surface area contributed by atoms with E-state index in [-0.39, 0.29) is 6.03 Å². The van der Waals surface area contributed by atoms with Crippen LogP contribution in [0.2, 0.25) is 0 Å². The molecule has 0 spiro atoms. The molecule has 0 aromatic heterocycles. The van der Waals surface area contributed by atoms with Crippen molar-refractivity contribution >= 4 is 12.0 Å². The van der Waals surface area contributed by atoms with Gasteiger partial charge in [-0.05, 0) is 25.0 Å². The van der Waals surface area contributed by atoms with Gasteiger partial charge >= 0.3 is 12.0 Å². The van der Waals surface area contributed by atoms with Crippen molar-refractivity contribution in [3.8, 4) is 0 Å². The number of urea groups is 1. The van der Waals surface area contributed by atoms with E-state index in [4.69, 9.17) is 9.47 Å². The van der Waals surface area contributed by atoms with Crippen LogP contribution >= 0.6 is 0 Å². The van der Waals surface area contributed by atoms with Gasteiger partial charge in [0.2, 0.25) is 0 Å². The van der Waals surface area contributed by atoms with E-state index < -0.39 is 12.0 Å². The van der Waals surface area contributed by atoms with Gasteiger partial charge in [0, 0.05) is 38.4 Å². The minimum atomic E-state index is -0.548. The van der Waals surface area contributed by atoms with Crippen LogP contribution in [0.25, 0.3) is 0 Å². The molecule has 8 nitrogen and oxygen atoms in total. The Morgan fingerprint density at radius 2 is 2.07 bits per heavy atom. The fourth-order valence-electron chi connectivity index (χ4n) is 3.77. The third-order valence-electron chi connectivity index (χ3n) is 5.31. The van der Waals surface area contributed by atoms with Gasteiger partial charge in [-0.1, -0.05) is 23.8 Å². The van der Waals surface area contributed by atoms with E-state index in [2.05, 4.69) is 20.9 Å². The SMILES string of the molecule is COC(=O)C1=C(CNCCN2CCOCC2)NC(=O)NC1c1ccc(C)cc1C. The van der Waals surface area contributed by atoms with Crippen molar-refractivity contribution in [2.45, 2.75) is 19.9 Å². The summed E-state index contributed by atoms with van der Waals surface area (Å²) in [5.41, 5.74) is 4.00. The summed E-state index contributed by atoms with van der Waals surface area (Å²) in [5.74, 6) is -0.451. The number of methoxy groups -OCH3 is 1. The van der Waals surface area contributed by atoms with Crippen LogP contribution in [-0.4, -0.2) is 69.9 Å². The summed E-state index contributed by atoms with van der Waals surface area (Å²) < 4.78 is 10.4. The van der Waals surface area contributed by atoms with E-state index in [1.165, 1.54) is 7.11 Å². The zero-order valence-corrected chi connectivity index (χ0v) is 17.3. The van der Waals surface area contributed by atoms with E-state index in [0.29, 0.717) is 17.8 Å². The van der Waals surface area contributed by atoms with Gasteiger partial charge in [0.05, 0.1) is 31.9 Å². The Hall–Kier alpha value is -2.42. The lowest BCUT2D eigenvalue weighted by Crippen LogP contribution is -2.48. The molecule has 1 aromatic carbocycles. The summed E-state index contributed by atoms with van der Waals surface area (Å²) in [4.78, 5) is 27.2. The fourth-order valence-corrected chi connectivity index (χ4v) is 3.77. The fraction of sp³-hybridized carbons (Fsp3) is 0.524. The maximum absolute atomic E-state index is 12.6. The van der Waals surface area contributed by atoms with Crippen LogP contribution in [0.5, 0.6) is 0 Å². The summed E-state index contributed by atoms with van der Waals surface area (Å²) in [5, 5.41) is 8.99. The summed E-state index contributed by atoms with van der Waals surface area (Å²) in [6.07, 6.45) is 0. The van der Waals surface area contributed by atoms with Gasteiger partial charge in [-0.15, -0.1) is 0 Å². The van der Waals surface area contributed by atoms with Gasteiger partial charge in [-0.3, -0.25) is 4.90 Å². The number of esters is 1. The Morgan fingerprint density at radius 1 is 1.31 bits per heavy atom. The molecule has 1 unspecified atom stereocenters. The number of carbonyl (C=O) groups is 2. The van der Waals surface area contributed by atoms with Crippen molar-refractivity contribution in [2.24, 2.45) is 0 Å². The zero-order valence-electron chi connectivity index (χ0n) is 17.3. The number of ether oxygens (including phenoxy) is 2. The molecule has 1 atom stereocenters. The average Bonchev–Trinajstić information content (AvgIpc) is 2.71. The van der Waals surface area contributed by atoms with Gasteiger partial charge in [-0.2, -0.15) is 0 Å². The molecule has 29 heavy (non-hydrogen) atoms. The topological polar surface area (TPSA) is 91.9 Å². The van der Waals surface area contributed by atoms with E-state index in [0.717, 1.165) is 56.1 Å². The van der Waals surface area contributed by atoms with E-state index >= 15 is 0 Å². The molecule has 2 aliphatic rings. The number of rotatable bonds is 7. The highest BCUT2D eigenvalue weighted by molar-refractivity contribution is 5.95. The molecule has 158 valence electrons. The normalized spacial score (nSPS) is 20.2. The Labute approximate surface area is 171 Å². The first-order valence-electron chi connectivity index (χ1n) is 9.96. The lowest BCUT2D eigenvalue weighted by atomic mass is 9.91. The number of nitrogens with zero attached hydrogens (tertiary/aromatic N) is 1. The van der Waals surface area contributed by atoms with Crippen LogP contribution < -0.4 is 16.0 Å². The first kappa shape index (κ1) is 21.3. The van der Waals surface area contributed by atoms with Crippen LogP contribution in [0.4, 0.5) is 4.79 Å². The lowest BCUT2D eigenvalue weighted by molar-refractivity contribution is -0.136. The molecule has 0 radical (unpaired) electrons. The summed E-state index contributed by atoms with van der Waals surface area (Å²) in [6.45, 7) is 9.37. The number of carbonyl (C=O) groups excluding carboxylic acids is 2. The number of amides is 2. The van der Waals surface area contributed by atoms with Crippen LogP contribution in [-0.2, 0) is 14.3 Å². The molecule has 2 aliphatic heterocycles. The third-order valence-corrected chi connectivity index (χ3v) is 5.31. The largest absolute Gasteiger partial charge is 0.466 e. The first-order chi connectivity index (χ1) is 14.0. The van der Waals surface area contributed by atoms with Crippen molar-refractivity contribution in [2.75, 3.05) is 53.0 Å². The van der Waals surface area contributed by atoms with Crippen LogP contribution in [0.1, 0.15) is 22.7 Å². The van der Waals surface area contributed by atoms with Gasteiger partial charge in [-0.25, -0.2) is 9.59 Å². The van der Waals surface area contributed by atoms with E-state index in [1.807, 2.05) is 32.0 Å². The molecule has 2 amide bonds. The molecule has 1 saturated heterocycles. The van der Waals surface area contributed by atoms with Crippen LogP contribution in [0.15, 0.2) is 29.5 Å². The molecule has 0 saturated carbocycles. The Bertz CT molecular complexity index is 787. The minimum Gasteiger partial charge on any atom is -0.466 e. The zero-order chi connectivity index (χ0) is 20.8. The maximum atomic E-state index is 12.6. The second kappa shape index (κ2) is 9.87. The molecule has 1 aromatic rings. The Morgan fingerprint density at radius 3 is 2.76 bits per heavy atom. The quantitative estimate of drug-likeness (QED) is 0.466. The van der Waals surface area contributed by atoms with E-state index in [9.17, 15) is 9.59 Å².